The summed E-state index contributed by atoms with van der Waals surface area (Å²) >= 11 is 1.68. The molecule has 0 spiro atoms. The van der Waals surface area contributed by atoms with E-state index in [1.54, 1.807) is 16.7 Å². The monoisotopic (exact) mass is 284 g/mol. The summed E-state index contributed by atoms with van der Waals surface area (Å²) < 4.78 is 0. The third-order valence-corrected chi connectivity index (χ3v) is 4.18. The number of urea groups is 1. The van der Waals surface area contributed by atoms with Crippen molar-refractivity contribution in [3.63, 3.8) is 0 Å². The van der Waals surface area contributed by atoms with Gasteiger partial charge in [0.05, 0.1) is 12.5 Å². The first-order chi connectivity index (χ1) is 9.08. The van der Waals surface area contributed by atoms with E-state index in [1.807, 2.05) is 6.92 Å². The number of hydrogen-bond donors (Lipinski definition) is 2. The van der Waals surface area contributed by atoms with E-state index in [0.717, 1.165) is 12.2 Å². The summed E-state index contributed by atoms with van der Waals surface area (Å²) in [7, 11) is 0. The molecular formula is C13H20N2O3S. The molecule has 1 heterocycles. The number of amides is 2. The van der Waals surface area contributed by atoms with Gasteiger partial charge in [0.15, 0.2) is 0 Å². The minimum Gasteiger partial charge on any atom is -0.481 e. The van der Waals surface area contributed by atoms with E-state index in [9.17, 15) is 9.59 Å². The normalized spacial score (nSPS) is 20.4. The van der Waals surface area contributed by atoms with Crippen LogP contribution >= 0.6 is 11.8 Å². The van der Waals surface area contributed by atoms with Gasteiger partial charge in [-0.15, -0.1) is 12.3 Å². The van der Waals surface area contributed by atoms with E-state index in [-0.39, 0.29) is 24.5 Å². The van der Waals surface area contributed by atoms with Gasteiger partial charge in [0, 0.05) is 30.5 Å². The van der Waals surface area contributed by atoms with Crippen LogP contribution in [0.4, 0.5) is 4.79 Å². The minimum absolute atomic E-state index is 0.00759. The Morgan fingerprint density at radius 1 is 1.63 bits per heavy atom. The number of terminal acetylenes is 1. The van der Waals surface area contributed by atoms with Crippen molar-refractivity contribution in [3.8, 4) is 12.3 Å². The quantitative estimate of drug-likeness (QED) is 0.749. The summed E-state index contributed by atoms with van der Waals surface area (Å²) in [4.78, 5) is 24.6. The van der Waals surface area contributed by atoms with Gasteiger partial charge in [-0.2, -0.15) is 11.8 Å². The van der Waals surface area contributed by atoms with Crippen LogP contribution < -0.4 is 5.32 Å². The van der Waals surface area contributed by atoms with E-state index in [2.05, 4.69) is 11.2 Å². The largest absolute Gasteiger partial charge is 0.481 e. The number of hydrogen-bond acceptors (Lipinski definition) is 3. The topological polar surface area (TPSA) is 69.6 Å². The number of carboxylic acid groups (broad SMARTS) is 1. The maximum Gasteiger partial charge on any atom is 0.317 e. The summed E-state index contributed by atoms with van der Waals surface area (Å²) in [6.45, 7) is 2.55. The number of thioether (sulfide) groups is 1. The molecule has 1 aliphatic heterocycles. The Morgan fingerprint density at radius 2 is 2.37 bits per heavy atom. The lowest BCUT2D eigenvalue weighted by Crippen LogP contribution is -2.53. The molecule has 5 nitrogen and oxygen atoms in total. The molecule has 1 fully saturated rings. The highest BCUT2D eigenvalue weighted by Gasteiger charge is 2.29. The van der Waals surface area contributed by atoms with Crippen molar-refractivity contribution >= 4 is 23.8 Å². The van der Waals surface area contributed by atoms with Crippen LogP contribution in [-0.4, -0.2) is 52.1 Å². The highest BCUT2D eigenvalue weighted by molar-refractivity contribution is 7.99. The van der Waals surface area contributed by atoms with E-state index in [1.165, 1.54) is 0 Å². The SMILES string of the molecule is C#CCC(CC)NC(=O)N1CCSCC1CC(=O)O. The zero-order valence-electron chi connectivity index (χ0n) is 11.1. The zero-order valence-corrected chi connectivity index (χ0v) is 11.9. The second kappa shape index (κ2) is 7.95. The zero-order chi connectivity index (χ0) is 14.3. The van der Waals surface area contributed by atoms with Crippen LogP contribution in [0.1, 0.15) is 26.2 Å². The Morgan fingerprint density at radius 3 is 2.95 bits per heavy atom. The summed E-state index contributed by atoms with van der Waals surface area (Å²) in [5.41, 5.74) is 0. The van der Waals surface area contributed by atoms with Crippen LogP contribution in [0.25, 0.3) is 0 Å². The van der Waals surface area contributed by atoms with Gasteiger partial charge in [-0.1, -0.05) is 6.92 Å². The predicted molar refractivity (Wildman–Crippen MR) is 76.1 cm³/mol. The second-order valence-corrected chi connectivity index (χ2v) is 5.63. The lowest BCUT2D eigenvalue weighted by molar-refractivity contribution is -0.137. The number of nitrogens with zero attached hydrogens (tertiary/aromatic N) is 1. The van der Waals surface area contributed by atoms with Crippen molar-refractivity contribution in [1.29, 1.82) is 0 Å². The maximum absolute atomic E-state index is 12.2. The Labute approximate surface area is 118 Å². The van der Waals surface area contributed by atoms with Crippen molar-refractivity contribution in [2.45, 2.75) is 38.3 Å². The number of rotatable bonds is 5. The molecule has 0 bridgehead atoms. The number of nitrogens with one attached hydrogen (secondary N) is 1. The van der Waals surface area contributed by atoms with Gasteiger partial charge in [-0.25, -0.2) is 4.79 Å². The van der Waals surface area contributed by atoms with Crippen LogP contribution in [0, 0.1) is 12.3 Å². The number of carbonyl (C=O) groups excluding carboxylic acids is 1. The summed E-state index contributed by atoms with van der Waals surface area (Å²) in [6.07, 6.45) is 6.51. The average molecular weight is 284 g/mol. The highest BCUT2D eigenvalue weighted by atomic mass is 32.2. The van der Waals surface area contributed by atoms with Gasteiger partial charge in [0.2, 0.25) is 0 Å². The first-order valence-corrected chi connectivity index (χ1v) is 7.54. The first-order valence-electron chi connectivity index (χ1n) is 6.38. The fourth-order valence-corrected chi connectivity index (χ4v) is 3.05. The van der Waals surface area contributed by atoms with E-state index >= 15 is 0 Å². The van der Waals surface area contributed by atoms with Gasteiger partial charge < -0.3 is 15.3 Å². The van der Waals surface area contributed by atoms with Gasteiger partial charge in [0.1, 0.15) is 0 Å². The molecule has 2 N–H and O–H groups in total. The summed E-state index contributed by atoms with van der Waals surface area (Å²) in [5.74, 6) is 3.18. The lowest BCUT2D eigenvalue weighted by Gasteiger charge is -2.35. The van der Waals surface area contributed by atoms with Gasteiger partial charge in [0.25, 0.3) is 0 Å². The van der Waals surface area contributed by atoms with Crippen molar-refractivity contribution in [2.75, 3.05) is 18.1 Å². The van der Waals surface area contributed by atoms with Crippen molar-refractivity contribution < 1.29 is 14.7 Å². The molecule has 1 aliphatic rings. The molecule has 0 aliphatic carbocycles. The molecule has 6 heteroatoms. The molecule has 0 aromatic rings. The average Bonchev–Trinajstić information content (AvgIpc) is 2.38. The Balaban J connectivity index is 2.61. The Kier molecular flexibility index (Phi) is 6.57. The third kappa shape index (κ3) is 5.03. The summed E-state index contributed by atoms with van der Waals surface area (Å²) in [6, 6.07) is -0.481. The van der Waals surface area contributed by atoms with Crippen molar-refractivity contribution in [2.24, 2.45) is 0 Å². The number of carboxylic acids is 1. The molecule has 0 aromatic heterocycles. The number of aliphatic carboxylic acids is 1. The van der Waals surface area contributed by atoms with Crippen LogP contribution in [0.3, 0.4) is 0 Å². The lowest BCUT2D eigenvalue weighted by atomic mass is 10.1. The molecule has 0 saturated carbocycles. The van der Waals surface area contributed by atoms with Crippen molar-refractivity contribution in [1.82, 2.24) is 10.2 Å². The standard InChI is InChI=1S/C13H20N2O3S/c1-3-5-10(4-2)14-13(18)15-6-7-19-9-11(15)8-12(16)17/h1,10-11H,4-9H2,2H3,(H,14,18)(H,16,17). The molecule has 1 rings (SSSR count). The van der Waals surface area contributed by atoms with Crippen molar-refractivity contribution in [3.05, 3.63) is 0 Å². The van der Waals surface area contributed by atoms with Crippen LogP contribution in [0.2, 0.25) is 0 Å². The molecular weight excluding hydrogens is 264 g/mol. The highest BCUT2D eigenvalue weighted by Crippen LogP contribution is 2.19. The summed E-state index contributed by atoms with van der Waals surface area (Å²) in [5, 5.41) is 11.8. The molecule has 106 valence electrons. The Hall–Kier alpha value is -1.35. The second-order valence-electron chi connectivity index (χ2n) is 4.48. The van der Waals surface area contributed by atoms with E-state index < -0.39 is 5.97 Å². The number of carbonyl (C=O) groups is 2. The van der Waals surface area contributed by atoms with E-state index in [4.69, 9.17) is 11.5 Å². The fraction of sp³-hybridized carbons (Fsp3) is 0.692. The van der Waals surface area contributed by atoms with Crippen LogP contribution in [0.15, 0.2) is 0 Å². The third-order valence-electron chi connectivity index (χ3n) is 3.08. The molecule has 0 aromatic carbocycles. The molecule has 2 unspecified atom stereocenters. The smallest absolute Gasteiger partial charge is 0.317 e. The fourth-order valence-electron chi connectivity index (χ4n) is 1.99. The molecule has 0 radical (unpaired) electrons. The molecule has 2 atom stereocenters. The van der Waals surface area contributed by atoms with E-state index in [0.29, 0.717) is 18.7 Å². The first kappa shape index (κ1) is 15.7. The predicted octanol–water partition coefficient (Wildman–Crippen LogP) is 1.39. The Bertz CT molecular complexity index is 367. The van der Waals surface area contributed by atoms with Crippen LogP contribution in [0.5, 0.6) is 0 Å². The molecule has 2 amide bonds. The van der Waals surface area contributed by atoms with Gasteiger partial charge in [-0.3, -0.25) is 4.79 Å². The minimum atomic E-state index is -0.874. The van der Waals surface area contributed by atoms with Crippen LogP contribution in [-0.2, 0) is 4.79 Å². The van der Waals surface area contributed by atoms with Gasteiger partial charge >= 0.3 is 12.0 Å². The molecule has 19 heavy (non-hydrogen) atoms. The van der Waals surface area contributed by atoms with Gasteiger partial charge in [-0.05, 0) is 6.42 Å². The maximum atomic E-state index is 12.2. The molecule has 1 saturated heterocycles.